The minimum atomic E-state index is -4.44. The normalized spacial score (nSPS) is 12.8. The number of hydrogen-bond donors (Lipinski definition) is 2. The number of sulfonamides is 1. The fourth-order valence-corrected chi connectivity index (χ4v) is 2.32. The van der Waals surface area contributed by atoms with Gasteiger partial charge in [0.05, 0.1) is 6.61 Å². The van der Waals surface area contributed by atoms with Crippen LogP contribution in [-0.2, 0) is 21.8 Å². The summed E-state index contributed by atoms with van der Waals surface area (Å²) in [5.41, 5.74) is 5.38. The van der Waals surface area contributed by atoms with Gasteiger partial charge < -0.3 is 10.5 Å². The van der Waals surface area contributed by atoms with Gasteiger partial charge in [-0.2, -0.15) is 18.3 Å². The molecule has 0 aliphatic heterocycles. The van der Waals surface area contributed by atoms with E-state index in [1.807, 2.05) is 0 Å². The highest BCUT2D eigenvalue weighted by atomic mass is 32.2. The summed E-state index contributed by atoms with van der Waals surface area (Å²) >= 11 is 0. The van der Waals surface area contributed by atoms with E-state index in [4.69, 9.17) is 5.73 Å². The largest absolute Gasteiger partial charge is 0.411 e. The number of anilines is 1. The zero-order valence-corrected chi connectivity index (χ0v) is 10.8. The van der Waals surface area contributed by atoms with E-state index in [1.54, 1.807) is 0 Å². The molecule has 3 N–H and O–H groups in total. The molecule has 0 unspecified atom stereocenters. The van der Waals surface area contributed by atoms with Crippen LogP contribution in [0.3, 0.4) is 0 Å². The summed E-state index contributed by atoms with van der Waals surface area (Å²) in [7, 11) is -2.42. The fraction of sp³-hybridized carbons (Fsp3) is 0.625. The number of nitrogens with two attached hydrogens (primary N) is 1. The molecule has 0 saturated heterocycles. The number of nitrogen functional groups attached to an aromatic ring is 1. The Morgan fingerprint density at radius 3 is 2.63 bits per heavy atom. The third kappa shape index (κ3) is 5.04. The molecule has 0 saturated carbocycles. The summed E-state index contributed by atoms with van der Waals surface area (Å²) in [5.74, 6) is -0.189. The van der Waals surface area contributed by atoms with E-state index in [0.29, 0.717) is 0 Å². The average molecular weight is 302 g/mol. The molecule has 110 valence electrons. The predicted octanol–water partition coefficient (Wildman–Crippen LogP) is -0.140. The van der Waals surface area contributed by atoms with Crippen LogP contribution in [0.2, 0.25) is 0 Å². The van der Waals surface area contributed by atoms with E-state index < -0.39 is 29.4 Å². The van der Waals surface area contributed by atoms with Crippen molar-refractivity contribution in [2.24, 2.45) is 7.05 Å². The lowest BCUT2D eigenvalue weighted by molar-refractivity contribution is -0.173. The number of nitrogens with zero attached hydrogens (tertiary/aromatic N) is 2. The van der Waals surface area contributed by atoms with Crippen molar-refractivity contribution in [2.75, 3.05) is 25.5 Å². The summed E-state index contributed by atoms with van der Waals surface area (Å²) in [5, 5.41) is 3.65. The highest BCUT2D eigenvalue weighted by molar-refractivity contribution is 7.89. The molecule has 19 heavy (non-hydrogen) atoms. The SMILES string of the molecule is Cn1cc(S(=O)(=O)NCCOCC(F)(F)F)c(N)n1. The van der Waals surface area contributed by atoms with Gasteiger partial charge in [0.1, 0.15) is 11.5 Å². The maximum Gasteiger partial charge on any atom is 0.411 e. The average Bonchev–Trinajstić information content (AvgIpc) is 2.56. The van der Waals surface area contributed by atoms with Crippen LogP contribution >= 0.6 is 0 Å². The number of ether oxygens (including phenoxy) is 1. The molecule has 0 atom stereocenters. The van der Waals surface area contributed by atoms with Crippen molar-refractivity contribution in [3.05, 3.63) is 6.20 Å². The molecule has 11 heteroatoms. The van der Waals surface area contributed by atoms with Crippen LogP contribution in [0.15, 0.2) is 11.1 Å². The Morgan fingerprint density at radius 2 is 2.16 bits per heavy atom. The van der Waals surface area contributed by atoms with Crippen LogP contribution in [0.4, 0.5) is 19.0 Å². The van der Waals surface area contributed by atoms with Gasteiger partial charge in [0.2, 0.25) is 10.0 Å². The van der Waals surface area contributed by atoms with E-state index >= 15 is 0 Å². The molecule has 1 aromatic heterocycles. The maximum atomic E-state index is 11.7. The van der Waals surface area contributed by atoms with Crippen molar-refractivity contribution >= 4 is 15.8 Å². The van der Waals surface area contributed by atoms with Crippen molar-refractivity contribution in [3.8, 4) is 0 Å². The topological polar surface area (TPSA) is 99.2 Å². The third-order valence-corrected chi connectivity index (χ3v) is 3.39. The van der Waals surface area contributed by atoms with Gasteiger partial charge in [-0.15, -0.1) is 0 Å². The molecule has 1 rings (SSSR count). The predicted molar refractivity (Wildman–Crippen MR) is 59.7 cm³/mol. The number of halogens is 3. The highest BCUT2D eigenvalue weighted by Gasteiger charge is 2.27. The quantitative estimate of drug-likeness (QED) is 0.713. The monoisotopic (exact) mass is 302 g/mol. The second kappa shape index (κ2) is 5.75. The van der Waals surface area contributed by atoms with Gasteiger partial charge in [0.15, 0.2) is 5.82 Å². The zero-order valence-electron chi connectivity index (χ0n) is 9.94. The summed E-state index contributed by atoms with van der Waals surface area (Å²) < 4.78 is 66.2. The first-order chi connectivity index (χ1) is 8.62. The van der Waals surface area contributed by atoms with Crippen molar-refractivity contribution in [1.82, 2.24) is 14.5 Å². The van der Waals surface area contributed by atoms with Crippen LogP contribution < -0.4 is 10.5 Å². The number of hydrogen-bond acceptors (Lipinski definition) is 5. The van der Waals surface area contributed by atoms with Gasteiger partial charge in [-0.1, -0.05) is 0 Å². The molecule has 1 aromatic rings. The smallest absolute Gasteiger partial charge is 0.381 e. The molecule has 0 radical (unpaired) electrons. The third-order valence-electron chi connectivity index (χ3n) is 1.92. The lowest BCUT2D eigenvalue weighted by Gasteiger charge is -2.08. The molecule has 0 bridgehead atoms. The standard InChI is InChI=1S/C8H13F3N4O3S/c1-15-4-6(7(12)14-15)19(16,17)13-2-3-18-5-8(9,10)11/h4,13H,2-3,5H2,1H3,(H2,12,14). The Morgan fingerprint density at radius 1 is 1.53 bits per heavy atom. The van der Waals surface area contributed by atoms with Crippen LogP contribution in [0.1, 0.15) is 0 Å². The van der Waals surface area contributed by atoms with E-state index in [-0.39, 0.29) is 17.3 Å². The lowest BCUT2D eigenvalue weighted by atomic mass is 10.7. The Balaban J connectivity index is 2.47. The second-order valence-corrected chi connectivity index (χ2v) is 5.35. The summed E-state index contributed by atoms with van der Waals surface area (Å²) in [6.07, 6.45) is -3.25. The van der Waals surface area contributed by atoms with Gasteiger partial charge in [-0.3, -0.25) is 4.68 Å². The Bertz CT molecular complexity index is 526. The fourth-order valence-electron chi connectivity index (χ4n) is 1.20. The number of alkyl halides is 3. The second-order valence-electron chi connectivity index (χ2n) is 3.62. The molecular formula is C8H13F3N4O3S. The Labute approximate surface area is 107 Å². The summed E-state index contributed by atoms with van der Waals surface area (Å²) in [6, 6.07) is 0. The molecule has 0 aliphatic rings. The zero-order chi connectivity index (χ0) is 14.7. The van der Waals surface area contributed by atoms with Crippen molar-refractivity contribution in [3.63, 3.8) is 0 Å². The molecule has 0 spiro atoms. The van der Waals surface area contributed by atoms with Crippen LogP contribution in [-0.4, -0.2) is 44.1 Å². The first kappa shape index (κ1) is 15.7. The van der Waals surface area contributed by atoms with Crippen LogP contribution in [0, 0.1) is 0 Å². The van der Waals surface area contributed by atoms with E-state index in [2.05, 4.69) is 14.6 Å². The van der Waals surface area contributed by atoms with E-state index in [9.17, 15) is 21.6 Å². The van der Waals surface area contributed by atoms with Crippen molar-refractivity contribution in [2.45, 2.75) is 11.1 Å². The minimum absolute atomic E-state index is 0.189. The van der Waals surface area contributed by atoms with Gasteiger partial charge in [-0.05, 0) is 0 Å². The van der Waals surface area contributed by atoms with Gasteiger partial charge in [-0.25, -0.2) is 13.1 Å². The molecule has 1 heterocycles. The molecule has 0 amide bonds. The highest BCUT2D eigenvalue weighted by Crippen LogP contribution is 2.15. The summed E-state index contributed by atoms with van der Waals surface area (Å²) in [6.45, 7) is -2.13. The maximum absolute atomic E-state index is 11.7. The number of aryl methyl sites for hydroxylation is 1. The van der Waals surface area contributed by atoms with Crippen LogP contribution in [0.25, 0.3) is 0 Å². The first-order valence-corrected chi connectivity index (χ1v) is 6.53. The van der Waals surface area contributed by atoms with Gasteiger partial charge in [0, 0.05) is 19.8 Å². The van der Waals surface area contributed by atoms with Crippen LogP contribution in [0.5, 0.6) is 0 Å². The minimum Gasteiger partial charge on any atom is -0.381 e. The Hall–Kier alpha value is -1.33. The number of rotatable bonds is 6. The molecular weight excluding hydrogens is 289 g/mol. The molecule has 0 aromatic carbocycles. The van der Waals surface area contributed by atoms with Crippen molar-refractivity contribution < 1.29 is 26.3 Å². The molecule has 0 fully saturated rings. The van der Waals surface area contributed by atoms with E-state index in [0.717, 1.165) is 0 Å². The Kier molecular flexibility index (Phi) is 4.76. The van der Waals surface area contributed by atoms with E-state index in [1.165, 1.54) is 17.9 Å². The molecule has 7 nitrogen and oxygen atoms in total. The lowest BCUT2D eigenvalue weighted by Crippen LogP contribution is -2.29. The van der Waals surface area contributed by atoms with Gasteiger partial charge >= 0.3 is 6.18 Å². The number of aromatic nitrogens is 2. The number of nitrogens with one attached hydrogen (secondary N) is 1. The molecule has 0 aliphatic carbocycles. The van der Waals surface area contributed by atoms with Gasteiger partial charge in [0.25, 0.3) is 0 Å². The first-order valence-electron chi connectivity index (χ1n) is 5.05. The summed E-state index contributed by atoms with van der Waals surface area (Å²) in [4.78, 5) is -0.231. The van der Waals surface area contributed by atoms with Crippen molar-refractivity contribution in [1.29, 1.82) is 0 Å².